The van der Waals surface area contributed by atoms with E-state index in [1.54, 1.807) is 24.3 Å². The molecule has 0 heterocycles. The van der Waals surface area contributed by atoms with Crippen LogP contribution in [0.15, 0.2) is 24.3 Å². The van der Waals surface area contributed by atoms with E-state index >= 15 is 0 Å². The Bertz CT molecular complexity index is 289. The summed E-state index contributed by atoms with van der Waals surface area (Å²) >= 11 is 0. The molecule has 4 heteroatoms. The predicted octanol–water partition coefficient (Wildman–Crippen LogP) is 2.95. The summed E-state index contributed by atoms with van der Waals surface area (Å²) in [6.07, 6.45) is -5.18. The van der Waals surface area contributed by atoms with Gasteiger partial charge < -0.3 is 5.73 Å². The van der Waals surface area contributed by atoms with Crippen molar-refractivity contribution in [3.05, 3.63) is 35.4 Å². The molecule has 1 aromatic carbocycles. The zero-order valence-corrected chi connectivity index (χ0v) is 7.81. The van der Waals surface area contributed by atoms with E-state index in [1.807, 2.05) is 6.92 Å². The van der Waals surface area contributed by atoms with E-state index in [0.717, 1.165) is 5.56 Å². The molecule has 0 amide bonds. The fourth-order valence-corrected chi connectivity index (χ4v) is 1.18. The van der Waals surface area contributed by atoms with E-state index in [2.05, 4.69) is 0 Å². The van der Waals surface area contributed by atoms with Crippen molar-refractivity contribution >= 4 is 0 Å². The van der Waals surface area contributed by atoms with E-state index in [-0.39, 0.29) is 0 Å². The first-order valence-electron chi connectivity index (χ1n) is 4.27. The molecule has 0 spiro atoms. The highest BCUT2D eigenvalue weighted by Crippen LogP contribution is 2.27. The van der Waals surface area contributed by atoms with Gasteiger partial charge in [0.1, 0.15) is 0 Å². The van der Waals surface area contributed by atoms with Crippen LogP contribution in [0.4, 0.5) is 13.2 Å². The van der Waals surface area contributed by atoms with Gasteiger partial charge in [-0.2, -0.15) is 13.2 Å². The molecule has 0 radical (unpaired) electrons. The Labute approximate surface area is 80.7 Å². The van der Waals surface area contributed by atoms with Crippen LogP contribution in [-0.2, 0) is 0 Å². The highest BCUT2D eigenvalue weighted by atomic mass is 19.4. The normalized spacial score (nSPS) is 14.1. The SMILES string of the molecule is Cc1ccc(C(N)CC(F)(F)F)cc1. The largest absolute Gasteiger partial charge is 0.390 e. The first-order chi connectivity index (χ1) is 6.38. The number of aryl methyl sites for hydroxylation is 1. The summed E-state index contributed by atoms with van der Waals surface area (Å²) in [5.41, 5.74) is 6.94. The molecule has 1 aromatic rings. The highest BCUT2D eigenvalue weighted by Gasteiger charge is 2.30. The monoisotopic (exact) mass is 203 g/mol. The predicted molar refractivity (Wildman–Crippen MR) is 48.8 cm³/mol. The van der Waals surface area contributed by atoms with Crippen LogP contribution >= 0.6 is 0 Å². The summed E-state index contributed by atoms with van der Waals surface area (Å²) in [7, 11) is 0. The molecule has 1 rings (SSSR count). The number of alkyl halides is 3. The summed E-state index contributed by atoms with van der Waals surface area (Å²) in [4.78, 5) is 0. The number of hydrogen-bond donors (Lipinski definition) is 1. The number of nitrogens with two attached hydrogens (primary N) is 1. The van der Waals surface area contributed by atoms with Gasteiger partial charge in [-0.1, -0.05) is 29.8 Å². The zero-order chi connectivity index (χ0) is 10.8. The molecule has 14 heavy (non-hydrogen) atoms. The molecule has 78 valence electrons. The summed E-state index contributed by atoms with van der Waals surface area (Å²) in [6.45, 7) is 1.87. The molecule has 0 bridgehead atoms. The third-order valence-corrected chi connectivity index (χ3v) is 1.96. The third kappa shape index (κ3) is 3.38. The maximum Gasteiger partial charge on any atom is 0.390 e. The maximum absolute atomic E-state index is 12.0. The van der Waals surface area contributed by atoms with Gasteiger partial charge in [0.15, 0.2) is 0 Å². The van der Waals surface area contributed by atoms with Gasteiger partial charge in [-0.05, 0) is 12.5 Å². The molecule has 1 atom stereocenters. The van der Waals surface area contributed by atoms with Gasteiger partial charge in [0.2, 0.25) is 0 Å². The standard InChI is InChI=1S/C10H12F3N/c1-7-2-4-8(5-3-7)9(14)6-10(11,12)13/h2-5,9H,6,14H2,1H3. The lowest BCUT2D eigenvalue weighted by molar-refractivity contribution is -0.138. The van der Waals surface area contributed by atoms with Crippen LogP contribution in [0.25, 0.3) is 0 Å². The van der Waals surface area contributed by atoms with Crippen molar-refractivity contribution in [3.63, 3.8) is 0 Å². The minimum absolute atomic E-state index is 0.521. The molecule has 0 aliphatic heterocycles. The summed E-state index contributed by atoms with van der Waals surface area (Å²) in [5.74, 6) is 0. The lowest BCUT2D eigenvalue weighted by atomic mass is 10.0. The van der Waals surface area contributed by atoms with Crippen molar-refractivity contribution in [2.45, 2.75) is 25.6 Å². The van der Waals surface area contributed by atoms with E-state index in [4.69, 9.17) is 5.73 Å². The Hall–Kier alpha value is -1.03. The molecule has 2 N–H and O–H groups in total. The maximum atomic E-state index is 12.0. The van der Waals surface area contributed by atoms with Crippen molar-refractivity contribution in [2.24, 2.45) is 5.73 Å². The Kier molecular flexibility index (Phi) is 3.16. The minimum Gasteiger partial charge on any atom is -0.324 e. The van der Waals surface area contributed by atoms with Gasteiger partial charge in [-0.25, -0.2) is 0 Å². The topological polar surface area (TPSA) is 26.0 Å². The summed E-state index contributed by atoms with van der Waals surface area (Å²) in [6, 6.07) is 5.81. The van der Waals surface area contributed by atoms with Crippen molar-refractivity contribution in [3.8, 4) is 0 Å². The van der Waals surface area contributed by atoms with Crippen LogP contribution < -0.4 is 5.73 Å². The van der Waals surface area contributed by atoms with Gasteiger partial charge in [0.05, 0.1) is 6.42 Å². The van der Waals surface area contributed by atoms with Gasteiger partial charge in [-0.15, -0.1) is 0 Å². The number of halogens is 3. The molecule has 0 aliphatic rings. The van der Waals surface area contributed by atoms with Crippen LogP contribution in [0.3, 0.4) is 0 Å². The molecule has 1 unspecified atom stereocenters. The van der Waals surface area contributed by atoms with Crippen LogP contribution in [0, 0.1) is 6.92 Å². The summed E-state index contributed by atoms with van der Waals surface area (Å²) in [5, 5.41) is 0. The Balaban J connectivity index is 2.70. The second kappa shape index (κ2) is 4.00. The second-order valence-corrected chi connectivity index (χ2v) is 3.34. The first kappa shape index (κ1) is 11.0. The van der Waals surface area contributed by atoms with Crippen molar-refractivity contribution < 1.29 is 13.2 Å². The zero-order valence-electron chi connectivity index (χ0n) is 7.81. The van der Waals surface area contributed by atoms with E-state index < -0.39 is 18.6 Å². The molecule has 0 aromatic heterocycles. The van der Waals surface area contributed by atoms with Crippen LogP contribution in [0.2, 0.25) is 0 Å². The van der Waals surface area contributed by atoms with Crippen molar-refractivity contribution in [1.29, 1.82) is 0 Å². The van der Waals surface area contributed by atoms with Gasteiger partial charge in [-0.3, -0.25) is 0 Å². The van der Waals surface area contributed by atoms with Crippen molar-refractivity contribution in [1.82, 2.24) is 0 Å². The molecular weight excluding hydrogens is 191 g/mol. The Morgan fingerprint density at radius 2 is 1.71 bits per heavy atom. The Morgan fingerprint density at radius 1 is 1.21 bits per heavy atom. The average Bonchev–Trinajstić information content (AvgIpc) is 2.02. The average molecular weight is 203 g/mol. The second-order valence-electron chi connectivity index (χ2n) is 3.34. The highest BCUT2D eigenvalue weighted by molar-refractivity contribution is 5.23. The molecule has 0 saturated carbocycles. The smallest absolute Gasteiger partial charge is 0.324 e. The van der Waals surface area contributed by atoms with Gasteiger partial charge in [0.25, 0.3) is 0 Å². The van der Waals surface area contributed by atoms with Crippen LogP contribution in [0.5, 0.6) is 0 Å². The molecule has 1 nitrogen and oxygen atoms in total. The molecule has 0 saturated heterocycles. The van der Waals surface area contributed by atoms with E-state index in [1.165, 1.54) is 0 Å². The minimum atomic E-state index is -4.20. The number of hydrogen-bond acceptors (Lipinski definition) is 1. The molecular formula is C10H12F3N. The summed E-state index contributed by atoms with van der Waals surface area (Å²) < 4.78 is 36.0. The van der Waals surface area contributed by atoms with Crippen LogP contribution in [0.1, 0.15) is 23.6 Å². The fourth-order valence-electron chi connectivity index (χ4n) is 1.18. The fraction of sp³-hybridized carbons (Fsp3) is 0.400. The lowest BCUT2D eigenvalue weighted by Crippen LogP contribution is -2.20. The van der Waals surface area contributed by atoms with E-state index in [0.29, 0.717) is 5.56 Å². The molecule has 0 aliphatic carbocycles. The lowest BCUT2D eigenvalue weighted by Gasteiger charge is -2.14. The van der Waals surface area contributed by atoms with Gasteiger partial charge >= 0.3 is 6.18 Å². The Morgan fingerprint density at radius 3 is 2.14 bits per heavy atom. The molecule has 0 fully saturated rings. The third-order valence-electron chi connectivity index (χ3n) is 1.96. The number of rotatable bonds is 2. The quantitative estimate of drug-likeness (QED) is 0.785. The number of benzene rings is 1. The van der Waals surface area contributed by atoms with Crippen LogP contribution in [-0.4, -0.2) is 6.18 Å². The van der Waals surface area contributed by atoms with Gasteiger partial charge in [0, 0.05) is 6.04 Å². The first-order valence-corrected chi connectivity index (χ1v) is 4.27. The van der Waals surface area contributed by atoms with E-state index in [9.17, 15) is 13.2 Å². The van der Waals surface area contributed by atoms with Crippen molar-refractivity contribution in [2.75, 3.05) is 0 Å².